The monoisotopic (exact) mass is 293 g/mol. The molecule has 20 heavy (non-hydrogen) atoms. The summed E-state index contributed by atoms with van der Waals surface area (Å²) < 4.78 is 30.6. The predicted octanol–water partition coefficient (Wildman–Crippen LogP) is 2.25. The molecule has 6 heteroatoms. The van der Waals surface area contributed by atoms with Gasteiger partial charge in [0.2, 0.25) is 0 Å². The topological polar surface area (TPSA) is 63.7 Å². The number of aryl methyl sites for hydroxylation is 1. The molecular formula is C14H15NO4S. The number of carbonyl (C=O) groups excluding carboxylic acids is 1. The van der Waals surface area contributed by atoms with E-state index in [9.17, 15) is 13.2 Å². The van der Waals surface area contributed by atoms with Gasteiger partial charge in [-0.05, 0) is 31.2 Å². The molecule has 0 spiro atoms. The largest absolute Gasteiger partial charge is 0.432 e. The Labute approximate surface area is 118 Å². The van der Waals surface area contributed by atoms with Crippen molar-refractivity contribution in [2.24, 2.45) is 0 Å². The fourth-order valence-electron chi connectivity index (χ4n) is 1.85. The molecule has 0 saturated carbocycles. The van der Waals surface area contributed by atoms with Gasteiger partial charge in [-0.2, -0.15) is 4.31 Å². The number of ether oxygens (including phenoxy) is 1. The molecule has 1 aliphatic heterocycles. The highest BCUT2D eigenvalue weighted by Crippen LogP contribution is 2.30. The van der Waals surface area contributed by atoms with Crippen molar-refractivity contribution in [3.05, 3.63) is 55.1 Å². The zero-order chi connectivity index (χ0) is 15.0. The van der Waals surface area contributed by atoms with E-state index in [-0.39, 0.29) is 11.4 Å². The van der Waals surface area contributed by atoms with Crippen molar-refractivity contribution >= 4 is 16.1 Å². The molecule has 5 nitrogen and oxygen atoms in total. The highest BCUT2D eigenvalue weighted by Gasteiger charge is 2.46. The summed E-state index contributed by atoms with van der Waals surface area (Å²) in [7, 11) is -3.93. The number of carbonyl (C=O) groups is 1. The van der Waals surface area contributed by atoms with Gasteiger partial charge in [0.05, 0.1) is 11.4 Å². The van der Waals surface area contributed by atoms with Crippen molar-refractivity contribution in [2.45, 2.75) is 17.4 Å². The molecule has 0 radical (unpaired) electrons. The average molecular weight is 293 g/mol. The van der Waals surface area contributed by atoms with Crippen LogP contribution in [0.1, 0.15) is 5.56 Å². The third-order valence-electron chi connectivity index (χ3n) is 3.17. The minimum Gasteiger partial charge on any atom is -0.432 e. The number of sulfonamides is 1. The lowest BCUT2D eigenvalue weighted by molar-refractivity contribution is 0.123. The van der Waals surface area contributed by atoms with Gasteiger partial charge in [0.15, 0.2) is 5.60 Å². The first-order valence-electron chi connectivity index (χ1n) is 5.94. The van der Waals surface area contributed by atoms with Crippen LogP contribution in [-0.2, 0) is 14.8 Å². The van der Waals surface area contributed by atoms with Gasteiger partial charge in [0.25, 0.3) is 10.0 Å². The molecule has 0 aromatic heterocycles. The molecule has 2 rings (SSSR count). The Morgan fingerprint density at radius 1 is 1.25 bits per heavy atom. The van der Waals surface area contributed by atoms with Crippen molar-refractivity contribution in [3.63, 3.8) is 0 Å². The van der Waals surface area contributed by atoms with E-state index in [1.807, 2.05) is 6.92 Å². The lowest BCUT2D eigenvalue weighted by Gasteiger charge is -2.17. The fourth-order valence-corrected chi connectivity index (χ4v) is 3.19. The zero-order valence-corrected chi connectivity index (χ0v) is 11.9. The van der Waals surface area contributed by atoms with Crippen molar-refractivity contribution in [1.82, 2.24) is 4.31 Å². The number of benzene rings is 1. The average Bonchev–Trinajstić information content (AvgIpc) is 2.78. The second-order valence-corrected chi connectivity index (χ2v) is 6.42. The van der Waals surface area contributed by atoms with Crippen molar-refractivity contribution in [1.29, 1.82) is 0 Å². The van der Waals surface area contributed by atoms with Crippen LogP contribution in [0.3, 0.4) is 0 Å². The first-order chi connectivity index (χ1) is 9.34. The molecule has 0 atom stereocenters. The molecule has 1 amide bonds. The quantitative estimate of drug-likeness (QED) is 0.799. The summed E-state index contributed by atoms with van der Waals surface area (Å²) in [6.07, 6.45) is 1.80. The summed E-state index contributed by atoms with van der Waals surface area (Å²) in [5.74, 6) is 0. The summed E-state index contributed by atoms with van der Waals surface area (Å²) >= 11 is 0. The van der Waals surface area contributed by atoms with Gasteiger partial charge < -0.3 is 4.74 Å². The molecule has 1 aliphatic rings. The van der Waals surface area contributed by atoms with Crippen LogP contribution in [0.25, 0.3) is 0 Å². The predicted molar refractivity (Wildman–Crippen MR) is 74.7 cm³/mol. The van der Waals surface area contributed by atoms with Gasteiger partial charge in [-0.25, -0.2) is 13.2 Å². The maximum absolute atomic E-state index is 12.4. The van der Waals surface area contributed by atoms with Crippen LogP contribution in [-0.4, -0.2) is 31.0 Å². The van der Waals surface area contributed by atoms with E-state index >= 15 is 0 Å². The number of hydrogen-bond acceptors (Lipinski definition) is 4. The molecule has 0 unspecified atom stereocenters. The minimum absolute atomic E-state index is 0.0453. The van der Waals surface area contributed by atoms with Crippen molar-refractivity contribution < 1.29 is 17.9 Å². The molecule has 1 saturated heterocycles. The number of cyclic esters (lactones) is 1. The smallest absolute Gasteiger partial charge is 0.425 e. The normalized spacial score (nSPS) is 17.6. The summed E-state index contributed by atoms with van der Waals surface area (Å²) in [5, 5.41) is 0. The van der Waals surface area contributed by atoms with Crippen LogP contribution in [0, 0.1) is 6.92 Å². The standard InChI is InChI=1S/C14H15NO4S/c1-4-14(5-2)10-15(13(16)19-14)20(17,18)12-8-6-11(3)7-9-12/h4-9H,1-2,10H2,3H3. The summed E-state index contributed by atoms with van der Waals surface area (Å²) in [6, 6.07) is 6.25. The Kier molecular flexibility index (Phi) is 3.43. The Balaban J connectivity index is 2.41. The van der Waals surface area contributed by atoms with Gasteiger partial charge >= 0.3 is 6.09 Å². The van der Waals surface area contributed by atoms with Gasteiger partial charge in [-0.1, -0.05) is 30.9 Å². The Morgan fingerprint density at radius 3 is 2.25 bits per heavy atom. The second kappa shape index (κ2) is 4.79. The number of nitrogens with zero attached hydrogens (tertiary/aromatic N) is 1. The van der Waals surface area contributed by atoms with E-state index in [1.54, 1.807) is 12.1 Å². The van der Waals surface area contributed by atoms with Crippen molar-refractivity contribution in [3.8, 4) is 0 Å². The second-order valence-electron chi connectivity index (χ2n) is 4.56. The molecule has 1 fully saturated rings. The third kappa shape index (κ3) is 2.22. The lowest BCUT2D eigenvalue weighted by Crippen LogP contribution is -2.34. The molecule has 1 aromatic carbocycles. The zero-order valence-electron chi connectivity index (χ0n) is 11.1. The summed E-state index contributed by atoms with van der Waals surface area (Å²) in [4.78, 5) is 11.9. The molecule has 0 bridgehead atoms. The highest BCUT2D eigenvalue weighted by molar-refractivity contribution is 7.89. The molecule has 1 aromatic rings. The SMILES string of the molecule is C=CC1(C=C)CN(S(=O)(=O)c2ccc(C)cc2)C(=O)O1. The first kappa shape index (κ1) is 14.3. The van der Waals surface area contributed by atoms with E-state index in [1.165, 1.54) is 24.3 Å². The van der Waals surface area contributed by atoms with E-state index in [4.69, 9.17) is 4.74 Å². The van der Waals surface area contributed by atoms with Gasteiger partial charge in [-0.3, -0.25) is 0 Å². The minimum atomic E-state index is -3.93. The van der Waals surface area contributed by atoms with Crippen LogP contribution in [0.4, 0.5) is 4.79 Å². The highest BCUT2D eigenvalue weighted by atomic mass is 32.2. The molecular weight excluding hydrogens is 278 g/mol. The Morgan fingerprint density at radius 2 is 1.80 bits per heavy atom. The molecule has 0 N–H and O–H groups in total. The number of amides is 1. The maximum atomic E-state index is 12.4. The maximum Gasteiger partial charge on any atom is 0.425 e. The van der Waals surface area contributed by atoms with Gasteiger partial charge in [0.1, 0.15) is 0 Å². The van der Waals surface area contributed by atoms with Crippen LogP contribution in [0.15, 0.2) is 54.5 Å². The third-order valence-corrected chi connectivity index (χ3v) is 4.90. The Bertz CT molecular complexity index is 653. The first-order valence-corrected chi connectivity index (χ1v) is 7.38. The van der Waals surface area contributed by atoms with E-state index in [0.29, 0.717) is 4.31 Å². The fraction of sp³-hybridized carbons (Fsp3) is 0.214. The van der Waals surface area contributed by atoms with Crippen LogP contribution >= 0.6 is 0 Å². The van der Waals surface area contributed by atoms with Crippen LogP contribution < -0.4 is 0 Å². The van der Waals surface area contributed by atoms with E-state index in [0.717, 1.165) is 5.56 Å². The van der Waals surface area contributed by atoms with Crippen molar-refractivity contribution in [2.75, 3.05) is 6.54 Å². The number of hydrogen-bond donors (Lipinski definition) is 0. The van der Waals surface area contributed by atoms with Gasteiger partial charge in [0, 0.05) is 0 Å². The van der Waals surface area contributed by atoms with Crippen LogP contribution in [0.2, 0.25) is 0 Å². The molecule has 1 heterocycles. The van der Waals surface area contributed by atoms with E-state index in [2.05, 4.69) is 13.2 Å². The van der Waals surface area contributed by atoms with Crippen LogP contribution in [0.5, 0.6) is 0 Å². The lowest BCUT2D eigenvalue weighted by atomic mass is 10.1. The van der Waals surface area contributed by atoms with E-state index < -0.39 is 21.7 Å². The molecule has 0 aliphatic carbocycles. The van der Waals surface area contributed by atoms with Gasteiger partial charge in [-0.15, -0.1) is 0 Å². The summed E-state index contributed by atoms with van der Waals surface area (Å²) in [5.41, 5.74) is -0.242. The summed E-state index contributed by atoms with van der Waals surface area (Å²) in [6.45, 7) is 8.79. The molecule has 106 valence electrons. The Hall–Kier alpha value is -2.08. The number of rotatable bonds is 4.